The standard InChI is InChI=1S/C2HF3O2.3CH3.Al/c3-2(4,5)1(6)7;;;;/h(H,6,7);3*1H3;. The van der Waals surface area contributed by atoms with Gasteiger partial charge in [0.05, 0.1) is 0 Å². The summed E-state index contributed by atoms with van der Waals surface area (Å²) in [6.07, 6.45) is -5.08. The van der Waals surface area contributed by atoms with Crippen molar-refractivity contribution in [2.75, 3.05) is 0 Å². The SMILES string of the molecule is O=C(O)C(F)(F)F.[CH3][Al]([CH3])[CH3]. The van der Waals surface area contributed by atoms with Crippen LogP contribution >= 0.6 is 0 Å². The number of carbonyl (C=O) groups is 1. The minimum absolute atomic E-state index is 0.139. The lowest BCUT2D eigenvalue weighted by atomic mass is 10.7. The zero-order chi connectivity index (χ0) is 9.65. The van der Waals surface area contributed by atoms with Crippen LogP contribution in [0.4, 0.5) is 13.2 Å². The number of halogens is 3. The largest absolute Gasteiger partial charge is 0.490 e. The van der Waals surface area contributed by atoms with Crippen molar-refractivity contribution in [3.8, 4) is 0 Å². The average Bonchev–Trinajstić information content (AvgIpc) is 1.59. The third-order valence-corrected chi connectivity index (χ3v) is 0.243. The van der Waals surface area contributed by atoms with Crippen molar-refractivity contribution >= 4 is 20.1 Å². The molecule has 0 aromatic carbocycles. The first-order valence-corrected chi connectivity index (χ1v) is 6.44. The highest BCUT2D eigenvalue weighted by atomic mass is 27.2. The van der Waals surface area contributed by atoms with E-state index < -0.39 is 12.1 Å². The highest BCUT2D eigenvalue weighted by molar-refractivity contribution is 6.54. The molecule has 0 aliphatic carbocycles. The molecule has 0 unspecified atom stereocenters. The van der Waals surface area contributed by atoms with Crippen LogP contribution in [-0.2, 0) is 4.79 Å². The molecule has 0 saturated heterocycles. The molecule has 2 nitrogen and oxygen atoms in total. The Kier molecular flexibility index (Phi) is 6.63. The van der Waals surface area contributed by atoms with Crippen molar-refractivity contribution < 1.29 is 23.1 Å². The van der Waals surface area contributed by atoms with Crippen LogP contribution < -0.4 is 0 Å². The maximum atomic E-state index is 10.6. The van der Waals surface area contributed by atoms with Gasteiger partial charge in [-0.05, 0) is 0 Å². The number of hydrogen-bond acceptors (Lipinski definition) is 1. The molecule has 66 valence electrons. The predicted molar refractivity (Wildman–Crippen MR) is 37.0 cm³/mol. The van der Waals surface area contributed by atoms with Gasteiger partial charge in [0.1, 0.15) is 0 Å². The number of aliphatic carboxylic acids is 1. The summed E-state index contributed by atoms with van der Waals surface area (Å²) >= 11 is -0.139. The first kappa shape index (κ1) is 13.4. The fraction of sp³-hybridized carbons (Fsp3) is 0.800. The maximum Gasteiger partial charge on any atom is 0.490 e. The molecule has 0 aromatic rings. The summed E-state index contributed by atoms with van der Waals surface area (Å²) < 4.78 is 31.7. The van der Waals surface area contributed by atoms with E-state index in [9.17, 15) is 13.2 Å². The molecule has 11 heavy (non-hydrogen) atoms. The third kappa shape index (κ3) is 17.7. The van der Waals surface area contributed by atoms with Gasteiger partial charge in [0.2, 0.25) is 0 Å². The van der Waals surface area contributed by atoms with Crippen molar-refractivity contribution in [2.45, 2.75) is 23.5 Å². The summed E-state index contributed by atoms with van der Waals surface area (Å²) in [6.45, 7) is 0. The Labute approximate surface area is 67.4 Å². The van der Waals surface area contributed by atoms with Gasteiger partial charge < -0.3 is 5.11 Å². The van der Waals surface area contributed by atoms with E-state index in [4.69, 9.17) is 9.90 Å². The minimum Gasteiger partial charge on any atom is -0.475 e. The van der Waals surface area contributed by atoms with Gasteiger partial charge in [0, 0.05) is 0 Å². The van der Waals surface area contributed by atoms with E-state index in [1.807, 2.05) is 0 Å². The lowest BCUT2D eigenvalue weighted by Crippen LogP contribution is -2.21. The van der Waals surface area contributed by atoms with E-state index in [1.54, 1.807) is 0 Å². The number of alkyl halides is 3. The highest BCUT2D eigenvalue weighted by Gasteiger charge is 2.38. The Morgan fingerprint density at radius 3 is 1.36 bits per heavy atom. The molecule has 0 rings (SSSR count). The molecule has 0 fully saturated rings. The van der Waals surface area contributed by atoms with Gasteiger partial charge in [-0.25, -0.2) is 4.79 Å². The molecule has 0 bridgehead atoms. The summed E-state index contributed by atoms with van der Waals surface area (Å²) in [6, 6.07) is 0. The summed E-state index contributed by atoms with van der Waals surface area (Å²) in [5, 5.41) is 7.12. The molecule has 0 atom stereocenters. The van der Waals surface area contributed by atoms with Gasteiger partial charge in [0.25, 0.3) is 14.1 Å². The van der Waals surface area contributed by atoms with Crippen molar-refractivity contribution in [3.05, 3.63) is 0 Å². The van der Waals surface area contributed by atoms with Crippen LogP contribution in [0.5, 0.6) is 0 Å². The molecular weight excluding hydrogens is 176 g/mol. The van der Waals surface area contributed by atoms with Crippen molar-refractivity contribution in [3.63, 3.8) is 0 Å². The molecule has 0 saturated carbocycles. The molecule has 0 heterocycles. The maximum absolute atomic E-state index is 10.6. The van der Waals surface area contributed by atoms with E-state index in [1.165, 1.54) is 0 Å². The van der Waals surface area contributed by atoms with Crippen molar-refractivity contribution in [1.82, 2.24) is 0 Å². The molecule has 1 N–H and O–H groups in total. The summed E-state index contributed by atoms with van der Waals surface area (Å²) in [4.78, 5) is 8.90. The lowest BCUT2D eigenvalue weighted by Gasteiger charge is -1.93. The summed E-state index contributed by atoms with van der Waals surface area (Å²) in [5.41, 5.74) is 0. The molecule has 0 aliphatic rings. The Bertz CT molecular complexity index is 119. The van der Waals surface area contributed by atoms with Crippen molar-refractivity contribution in [1.29, 1.82) is 0 Å². The quantitative estimate of drug-likeness (QED) is 0.587. The van der Waals surface area contributed by atoms with Crippen LogP contribution in [0.3, 0.4) is 0 Å². The monoisotopic (exact) mass is 186 g/mol. The smallest absolute Gasteiger partial charge is 0.475 e. The van der Waals surface area contributed by atoms with E-state index in [0.717, 1.165) is 0 Å². The van der Waals surface area contributed by atoms with E-state index in [0.29, 0.717) is 0 Å². The van der Waals surface area contributed by atoms with Gasteiger partial charge in [-0.3, -0.25) is 0 Å². The van der Waals surface area contributed by atoms with Gasteiger partial charge >= 0.3 is 12.1 Å². The molecule has 0 radical (unpaired) electrons. The summed E-state index contributed by atoms with van der Waals surface area (Å²) in [5.74, 6) is 4.16. The Morgan fingerprint density at radius 1 is 1.27 bits per heavy atom. The first-order chi connectivity index (χ1) is 4.68. The van der Waals surface area contributed by atoms with Crippen LogP contribution in [0.25, 0.3) is 0 Å². The lowest BCUT2D eigenvalue weighted by molar-refractivity contribution is -0.192. The van der Waals surface area contributed by atoms with Crippen LogP contribution in [-0.4, -0.2) is 31.4 Å². The molecule has 0 spiro atoms. The average molecular weight is 186 g/mol. The molecular formula is C5H10AlF3O2. The van der Waals surface area contributed by atoms with E-state index in [-0.39, 0.29) is 14.1 Å². The second-order valence-electron chi connectivity index (χ2n) is 2.53. The zero-order valence-corrected chi connectivity index (χ0v) is 7.72. The summed E-state index contributed by atoms with van der Waals surface area (Å²) in [7, 11) is 0. The normalized spacial score (nSPS) is 9.64. The van der Waals surface area contributed by atoms with Gasteiger partial charge in [-0.1, -0.05) is 0 Å². The number of rotatable bonds is 0. The topological polar surface area (TPSA) is 37.3 Å². The van der Waals surface area contributed by atoms with Crippen LogP contribution in [0, 0.1) is 0 Å². The number of carboxylic acids is 1. The van der Waals surface area contributed by atoms with Gasteiger partial charge in [0.15, 0.2) is 0 Å². The van der Waals surface area contributed by atoms with Crippen molar-refractivity contribution in [2.24, 2.45) is 0 Å². The van der Waals surface area contributed by atoms with E-state index >= 15 is 0 Å². The Balaban J connectivity index is 0. The molecule has 0 amide bonds. The second-order valence-corrected chi connectivity index (χ2v) is 6.00. The zero-order valence-electron chi connectivity index (χ0n) is 6.57. The van der Waals surface area contributed by atoms with Gasteiger partial charge in [-0.15, -0.1) is 17.4 Å². The highest BCUT2D eigenvalue weighted by Crippen LogP contribution is 2.13. The van der Waals surface area contributed by atoms with Crippen LogP contribution in [0.15, 0.2) is 0 Å². The molecule has 6 heteroatoms. The van der Waals surface area contributed by atoms with Crippen LogP contribution in [0.1, 0.15) is 0 Å². The Hall–Kier alpha value is -0.208. The Morgan fingerprint density at radius 2 is 1.36 bits per heavy atom. The third-order valence-electron chi connectivity index (χ3n) is 0.243. The number of hydrogen-bond donors (Lipinski definition) is 1. The first-order valence-electron chi connectivity index (χ1n) is 2.98. The van der Waals surface area contributed by atoms with E-state index in [2.05, 4.69) is 17.4 Å². The predicted octanol–water partition coefficient (Wildman–Crippen LogP) is 2.00. The molecule has 0 aliphatic heterocycles. The van der Waals surface area contributed by atoms with Crippen LogP contribution in [0.2, 0.25) is 17.4 Å². The molecule has 0 aromatic heterocycles. The number of carboxylic acid groups (broad SMARTS) is 1. The van der Waals surface area contributed by atoms with Gasteiger partial charge in [-0.2, -0.15) is 13.2 Å². The second kappa shape index (κ2) is 5.44. The minimum atomic E-state index is -5.08. The fourth-order valence-electron chi connectivity index (χ4n) is 0. The fourth-order valence-corrected chi connectivity index (χ4v) is 0.